The van der Waals surface area contributed by atoms with Gasteiger partial charge in [0.15, 0.2) is 0 Å². The van der Waals surface area contributed by atoms with Crippen molar-refractivity contribution >= 4 is 16.0 Å². The summed E-state index contributed by atoms with van der Waals surface area (Å²) >= 11 is 0. The summed E-state index contributed by atoms with van der Waals surface area (Å²) in [6.07, 6.45) is 6.69. The van der Waals surface area contributed by atoms with Gasteiger partial charge in [-0.2, -0.15) is 4.31 Å². The van der Waals surface area contributed by atoms with Gasteiger partial charge in [-0.3, -0.25) is 4.79 Å². The molecule has 2 aromatic rings. The van der Waals surface area contributed by atoms with E-state index in [1.54, 1.807) is 7.11 Å². The number of carbonyl (C=O) groups is 1. The minimum atomic E-state index is -3.82. The number of carboxylic acids is 1. The van der Waals surface area contributed by atoms with Crippen molar-refractivity contribution in [3.63, 3.8) is 0 Å². The van der Waals surface area contributed by atoms with Crippen LogP contribution in [0.25, 0.3) is 0 Å². The van der Waals surface area contributed by atoms with Gasteiger partial charge < -0.3 is 11.3 Å². The topological polar surface area (TPSA) is 83.9 Å². The van der Waals surface area contributed by atoms with Crippen LogP contribution in [0.5, 0.6) is 5.75 Å². The van der Waals surface area contributed by atoms with Crippen LogP contribution in [0.1, 0.15) is 45.1 Å². The zero-order valence-corrected chi connectivity index (χ0v) is 21.8. The third-order valence-corrected chi connectivity index (χ3v) is 7.59. The van der Waals surface area contributed by atoms with Gasteiger partial charge in [0.2, 0.25) is 10.0 Å². The van der Waals surface area contributed by atoms with Crippen molar-refractivity contribution in [3.05, 3.63) is 72.1 Å². The van der Waals surface area contributed by atoms with Crippen LogP contribution in [-0.2, 0) is 14.8 Å². The Balaban J connectivity index is 0.00000289. The van der Waals surface area contributed by atoms with Gasteiger partial charge in [-0.15, -0.1) is 0 Å². The number of methoxy groups -OCH3 is 1. The number of nitrogens with zero attached hydrogens (tertiary/aromatic N) is 1. The second-order valence-corrected chi connectivity index (χ2v) is 9.72. The van der Waals surface area contributed by atoms with Gasteiger partial charge in [-0.05, 0) is 73.6 Å². The fraction of sp³-hybridized carbons (Fsp3) is 0.375. The van der Waals surface area contributed by atoms with E-state index in [1.807, 2.05) is 36.4 Å². The summed E-state index contributed by atoms with van der Waals surface area (Å²) in [6.45, 7) is 0.360. The Morgan fingerprint density at radius 3 is 2.64 bits per heavy atom. The van der Waals surface area contributed by atoms with Crippen LogP contribution in [0.4, 0.5) is 4.39 Å². The van der Waals surface area contributed by atoms with Gasteiger partial charge in [0.1, 0.15) is 11.6 Å². The number of hydrogen-bond acceptors (Lipinski definition) is 4. The first-order chi connectivity index (χ1) is 15.3. The number of ether oxygens (including phenoxy) is 1. The third-order valence-electron chi connectivity index (χ3n) is 5.70. The van der Waals surface area contributed by atoms with E-state index < -0.39 is 21.8 Å². The van der Waals surface area contributed by atoms with Gasteiger partial charge in [-0.1, -0.05) is 24.3 Å². The monoisotopic (exact) mass is 485 g/mol. The van der Waals surface area contributed by atoms with E-state index in [1.165, 1.54) is 16.4 Å². The molecule has 3 rings (SSSR count). The molecule has 0 spiro atoms. The Bertz CT molecular complexity index is 1070. The molecule has 2 atom stereocenters. The molecule has 33 heavy (non-hydrogen) atoms. The third kappa shape index (κ3) is 7.13. The average molecular weight is 486 g/mol. The van der Waals surface area contributed by atoms with Crippen molar-refractivity contribution in [2.24, 2.45) is 5.92 Å². The minimum Gasteiger partial charge on any atom is -1.00 e. The average Bonchev–Trinajstić information content (AvgIpc) is 3.21. The zero-order chi connectivity index (χ0) is 23.1. The molecule has 1 aliphatic heterocycles. The van der Waals surface area contributed by atoms with E-state index >= 15 is 0 Å². The van der Waals surface area contributed by atoms with Crippen LogP contribution >= 0.6 is 0 Å². The van der Waals surface area contributed by atoms with Crippen LogP contribution in [0.15, 0.2) is 65.6 Å². The predicted octanol–water partition coefficient (Wildman–Crippen LogP) is 1.90. The maximum atomic E-state index is 13.4. The Labute approximate surface area is 218 Å². The number of halogens is 1. The molecule has 1 aliphatic rings. The maximum Gasteiger partial charge on any atom is 1.00 e. The molecule has 9 heteroatoms. The summed E-state index contributed by atoms with van der Waals surface area (Å²) in [6, 6.07) is 11.9. The summed E-state index contributed by atoms with van der Waals surface area (Å²) < 4.78 is 47.0. The number of benzene rings is 2. The Hall–Kier alpha value is -1.71. The largest absolute Gasteiger partial charge is 1.00 e. The van der Waals surface area contributed by atoms with E-state index in [-0.39, 0.29) is 54.3 Å². The first kappa shape index (κ1) is 27.5. The van der Waals surface area contributed by atoms with Crippen molar-refractivity contribution in [3.8, 4) is 5.75 Å². The molecular formula is C24H29FNNaO5S. The Kier molecular flexibility index (Phi) is 10.6. The first-order valence-corrected chi connectivity index (χ1v) is 12.0. The van der Waals surface area contributed by atoms with Crippen LogP contribution in [0, 0.1) is 11.7 Å². The molecule has 0 saturated carbocycles. The Morgan fingerprint density at radius 1 is 1.24 bits per heavy atom. The summed E-state index contributed by atoms with van der Waals surface area (Å²) in [5, 5.41) is 8.74. The molecular weight excluding hydrogens is 456 g/mol. The van der Waals surface area contributed by atoms with E-state index in [4.69, 9.17) is 9.84 Å². The predicted molar refractivity (Wildman–Crippen MR) is 120 cm³/mol. The fourth-order valence-electron chi connectivity index (χ4n) is 4.11. The molecule has 0 amide bonds. The maximum absolute atomic E-state index is 13.4. The molecule has 6 nitrogen and oxygen atoms in total. The second-order valence-electron chi connectivity index (χ2n) is 7.83. The molecule has 0 radical (unpaired) electrons. The zero-order valence-electron chi connectivity index (χ0n) is 20.0. The molecule has 174 valence electrons. The van der Waals surface area contributed by atoms with E-state index in [2.05, 4.69) is 0 Å². The van der Waals surface area contributed by atoms with Gasteiger partial charge in [-0.25, -0.2) is 12.8 Å². The number of unbranched alkanes of at least 4 members (excludes halogenated alkanes) is 1. The number of aliphatic carboxylic acids is 1. The summed E-state index contributed by atoms with van der Waals surface area (Å²) in [7, 11) is -2.25. The summed E-state index contributed by atoms with van der Waals surface area (Å²) in [5.74, 6) is -0.598. The molecule has 1 saturated heterocycles. The summed E-state index contributed by atoms with van der Waals surface area (Å²) in [5.41, 5.74) is 0.844. The molecule has 0 bridgehead atoms. The van der Waals surface area contributed by atoms with Crippen molar-refractivity contribution < 1.29 is 58.4 Å². The minimum absolute atomic E-state index is 0. The normalized spacial score (nSPS) is 18.8. The quantitative estimate of drug-likeness (QED) is 0.316. The van der Waals surface area contributed by atoms with Crippen LogP contribution in [0.3, 0.4) is 0 Å². The van der Waals surface area contributed by atoms with E-state index in [0.717, 1.165) is 17.7 Å². The Morgan fingerprint density at radius 2 is 1.97 bits per heavy atom. The SMILES string of the molecule is COc1cccc(C2C(C/C=C\CCCC(=O)O)CCN2S(=O)(=O)c2ccc(F)cc2)c1.[H-].[Na+]. The van der Waals surface area contributed by atoms with Crippen molar-refractivity contribution in [2.75, 3.05) is 13.7 Å². The number of hydrogen-bond donors (Lipinski definition) is 1. The van der Waals surface area contributed by atoms with Crippen molar-refractivity contribution in [1.29, 1.82) is 0 Å². The first-order valence-electron chi connectivity index (χ1n) is 10.6. The molecule has 0 aromatic heterocycles. The van der Waals surface area contributed by atoms with Crippen LogP contribution < -0.4 is 34.3 Å². The van der Waals surface area contributed by atoms with Crippen LogP contribution in [-0.4, -0.2) is 37.5 Å². The standard InChI is InChI=1S/C24H28FNO5S.Na.H/c1-31-21-9-6-8-19(17-21)24-18(7-4-2-3-5-10-23(27)28)15-16-26(24)32(29,30)22-13-11-20(25)12-14-22;;/h2,4,6,8-9,11-14,17-18,24H,3,5,7,10,15-16H2,1H3,(H,27,28);;/q;+1;-1/b4-2-;;. The fourth-order valence-corrected chi connectivity index (χ4v) is 5.80. The number of allylic oxidation sites excluding steroid dienone is 2. The smallest absolute Gasteiger partial charge is 1.00 e. The molecule has 1 fully saturated rings. The van der Waals surface area contributed by atoms with Crippen molar-refractivity contribution in [2.45, 2.75) is 43.0 Å². The van der Waals surface area contributed by atoms with Gasteiger partial charge in [0.25, 0.3) is 0 Å². The van der Waals surface area contributed by atoms with Crippen LogP contribution in [0.2, 0.25) is 0 Å². The van der Waals surface area contributed by atoms with E-state index in [0.29, 0.717) is 38.0 Å². The van der Waals surface area contributed by atoms with Gasteiger partial charge in [0, 0.05) is 13.0 Å². The number of carboxylic acid groups (broad SMARTS) is 1. The van der Waals surface area contributed by atoms with Crippen molar-refractivity contribution in [1.82, 2.24) is 4.31 Å². The molecule has 0 aliphatic carbocycles. The molecule has 1 heterocycles. The summed E-state index contributed by atoms with van der Waals surface area (Å²) in [4.78, 5) is 10.7. The number of sulfonamides is 1. The second kappa shape index (κ2) is 12.7. The molecule has 2 unspecified atom stereocenters. The molecule has 1 N–H and O–H groups in total. The van der Waals surface area contributed by atoms with Gasteiger partial charge >= 0.3 is 35.5 Å². The van der Waals surface area contributed by atoms with Gasteiger partial charge in [0.05, 0.1) is 18.0 Å². The van der Waals surface area contributed by atoms with E-state index in [9.17, 15) is 17.6 Å². The number of rotatable bonds is 10. The molecule has 2 aromatic carbocycles.